The Bertz CT molecular complexity index is 232. The number of rotatable bonds is 3. The van der Waals surface area contributed by atoms with Gasteiger partial charge in [0.2, 0.25) is 0 Å². The van der Waals surface area contributed by atoms with Crippen LogP contribution in [0.5, 0.6) is 0 Å². The van der Waals surface area contributed by atoms with E-state index in [9.17, 15) is 0 Å². The Morgan fingerprint density at radius 2 is 2.45 bits per heavy atom. The molecule has 1 aromatic rings. The van der Waals surface area contributed by atoms with Gasteiger partial charge >= 0.3 is 0 Å². The number of aryl methyl sites for hydroxylation is 2. The van der Waals surface area contributed by atoms with Gasteiger partial charge in [-0.15, -0.1) is 0 Å². The second kappa shape index (κ2) is 3.39. The van der Waals surface area contributed by atoms with E-state index >= 15 is 0 Å². The molecule has 0 amide bonds. The molecule has 0 radical (unpaired) electrons. The van der Waals surface area contributed by atoms with Gasteiger partial charge in [0.15, 0.2) is 0 Å². The van der Waals surface area contributed by atoms with Crippen molar-refractivity contribution in [3.8, 4) is 0 Å². The molecular formula is C7H13N3O. The molecule has 0 bridgehead atoms. The third-order valence-electron chi connectivity index (χ3n) is 1.51. The zero-order chi connectivity index (χ0) is 8.27. The van der Waals surface area contributed by atoms with Gasteiger partial charge in [-0.3, -0.25) is 4.68 Å². The molecule has 4 nitrogen and oxygen atoms in total. The van der Waals surface area contributed by atoms with Crippen molar-refractivity contribution < 1.29 is 5.11 Å². The molecule has 1 heterocycles. The van der Waals surface area contributed by atoms with E-state index in [1.54, 1.807) is 10.9 Å². The first kappa shape index (κ1) is 8.07. The van der Waals surface area contributed by atoms with E-state index in [1.165, 1.54) is 0 Å². The standard InChI is InChI=1S/C7H13N3O/c1-10-5-6(8)7(9-10)3-2-4-11/h5,11H,2-4,8H2,1H3. The van der Waals surface area contributed by atoms with Crippen LogP contribution in [0.2, 0.25) is 0 Å². The number of nitrogens with zero attached hydrogens (tertiary/aromatic N) is 2. The molecule has 0 saturated carbocycles. The molecule has 1 rings (SSSR count). The molecule has 0 atom stereocenters. The zero-order valence-electron chi connectivity index (χ0n) is 6.62. The number of aliphatic hydroxyl groups excluding tert-OH is 1. The van der Waals surface area contributed by atoms with Crippen LogP contribution >= 0.6 is 0 Å². The number of aromatic nitrogens is 2. The number of nitrogen functional groups attached to an aromatic ring is 1. The van der Waals surface area contributed by atoms with Crippen LogP contribution < -0.4 is 5.73 Å². The largest absolute Gasteiger partial charge is 0.396 e. The molecule has 11 heavy (non-hydrogen) atoms. The second-order valence-electron chi connectivity index (χ2n) is 2.53. The zero-order valence-corrected chi connectivity index (χ0v) is 6.62. The van der Waals surface area contributed by atoms with Crippen molar-refractivity contribution in [3.63, 3.8) is 0 Å². The summed E-state index contributed by atoms with van der Waals surface area (Å²) in [7, 11) is 1.83. The number of nitrogens with two attached hydrogens (primary N) is 1. The van der Waals surface area contributed by atoms with Crippen LogP contribution in [0.25, 0.3) is 0 Å². The van der Waals surface area contributed by atoms with Gasteiger partial charge in [-0.25, -0.2) is 0 Å². The molecule has 1 aromatic heterocycles. The molecule has 4 heteroatoms. The predicted octanol–water partition coefficient (Wildman–Crippen LogP) is -0.0728. The summed E-state index contributed by atoms with van der Waals surface area (Å²) in [6.07, 6.45) is 3.25. The fourth-order valence-corrected chi connectivity index (χ4v) is 0.994. The lowest BCUT2D eigenvalue weighted by atomic mass is 10.2. The summed E-state index contributed by atoms with van der Waals surface area (Å²) in [5, 5.41) is 12.7. The van der Waals surface area contributed by atoms with Gasteiger partial charge < -0.3 is 10.8 Å². The van der Waals surface area contributed by atoms with Gasteiger partial charge in [0.05, 0.1) is 11.4 Å². The van der Waals surface area contributed by atoms with E-state index in [-0.39, 0.29) is 6.61 Å². The highest BCUT2D eigenvalue weighted by atomic mass is 16.2. The quantitative estimate of drug-likeness (QED) is 0.642. The molecule has 0 spiro atoms. The Kier molecular flexibility index (Phi) is 2.48. The molecule has 0 fully saturated rings. The Morgan fingerprint density at radius 3 is 2.91 bits per heavy atom. The monoisotopic (exact) mass is 155 g/mol. The highest BCUT2D eigenvalue weighted by molar-refractivity contribution is 5.40. The molecule has 3 N–H and O–H groups in total. The van der Waals surface area contributed by atoms with E-state index in [0.29, 0.717) is 5.69 Å². The average molecular weight is 155 g/mol. The minimum Gasteiger partial charge on any atom is -0.396 e. The van der Waals surface area contributed by atoms with Crippen LogP contribution in [0.15, 0.2) is 6.20 Å². The van der Waals surface area contributed by atoms with Gasteiger partial charge in [-0.05, 0) is 12.8 Å². The highest BCUT2D eigenvalue weighted by Crippen LogP contribution is 2.09. The summed E-state index contributed by atoms with van der Waals surface area (Å²) >= 11 is 0. The fraction of sp³-hybridized carbons (Fsp3) is 0.571. The second-order valence-corrected chi connectivity index (χ2v) is 2.53. The summed E-state index contributed by atoms with van der Waals surface area (Å²) in [6.45, 7) is 0.190. The van der Waals surface area contributed by atoms with Crippen LogP contribution in [0, 0.1) is 0 Å². The van der Waals surface area contributed by atoms with E-state index in [2.05, 4.69) is 5.10 Å². The van der Waals surface area contributed by atoms with Crippen molar-refractivity contribution in [3.05, 3.63) is 11.9 Å². The Labute approximate surface area is 65.6 Å². The van der Waals surface area contributed by atoms with E-state index in [1.807, 2.05) is 7.05 Å². The third-order valence-corrected chi connectivity index (χ3v) is 1.51. The van der Waals surface area contributed by atoms with Crippen molar-refractivity contribution in [1.82, 2.24) is 9.78 Å². The van der Waals surface area contributed by atoms with Gasteiger partial charge in [0, 0.05) is 19.9 Å². The van der Waals surface area contributed by atoms with E-state index < -0.39 is 0 Å². The van der Waals surface area contributed by atoms with Gasteiger partial charge in [0.25, 0.3) is 0 Å². The summed E-state index contributed by atoms with van der Waals surface area (Å²) in [4.78, 5) is 0. The van der Waals surface area contributed by atoms with Crippen molar-refractivity contribution in [2.24, 2.45) is 7.05 Å². The minimum atomic E-state index is 0.190. The minimum absolute atomic E-state index is 0.190. The Hall–Kier alpha value is -1.03. The maximum atomic E-state index is 8.55. The van der Waals surface area contributed by atoms with Crippen molar-refractivity contribution >= 4 is 5.69 Å². The maximum absolute atomic E-state index is 8.55. The van der Waals surface area contributed by atoms with Gasteiger partial charge in [0.1, 0.15) is 0 Å². The van der Waals surface area contributed by atoms with Gasteiger partial charge in [-0.2, -0.15) is 5.10 Å². The lowest BCUT2D eigenvalue weighted by Gasteiger charge is -1.93. The predicted molar refractivity (Wildman–Crippen MR) is 43.0 cm³/mol. The van der Waals surface area contributed by atoms with Crippen molar-refractivity contribution in [2.45, 2.75) is 12.8 Å². The van der Waals surface area contributed by atoms with Crippen LogP contribution in [-0.4, -0.2) is 21.5 Å². The third kappa shape index (κ3) is 1.94. The highest BCUT2D eigenvalue weighted by Gasteiger charge is 2.02. The van der Waals surface area contributed by atoms with Crippen LogP contribution in [0.3, 0.4) is 0 Å². The molecule has 62 valence electrons. The first-order chi connectivity index (χ1) is 5.24. The Morgan fingerprint density at radius 1 is 1.73 bits per heavy atom. The molecule has 0 aliphatic carbocycles. The smallest absolute Gasteiger partial charge is 0.0854 e. The summed E-state index contributed by atoms with van der Waals surface area (Å²) < 4.78 is 1.68. The maximum Gasteiger partial charge on any atom is 0.0854 e. The molecule has 0 aliphatic rings. The van der Waals surface area contributed by atoms with Gasteiger partial charge in [-0.1, -0.05) is 0 Å². The van der Waals surface area contributed by atoms with E-state index in [0.717, 1.165) is 18.5 Å². The van der Waals surface area contributed by atoms with Crippen molar-refractivity contribution in [1.29, 1.82) is 0 Å². The number of hydrogen-bond donors (Lipinski definition) is 2. The van der Waals surface area contributed by atoms with Crippen molar-refractivity contribution in [2.75, 3.05) is 12.3 Å². The first-order valence-corrected chi connectivity index (χ1v) is 3.63. The lowest BCUT2D eigenvalue weighted by molar-refractivity contribution is 0.288. The van der Waals surface area contributed by atoms with Crippen LogP contribution in [0.1, 0.15) is 12.1 Å². The number of aliphatic hydroxyl groups is 1. The topological polar surface area (TPSA) is 64.1 Å². The molecule has 0 aliphatic heterocycles. The molecule has 0 aromatic carbocycles. The number of hydrogen-bond acceptors (Lipinski definition) is 3. The first-order valence-electron chi connectivity index (χ1n) is 3.63. The van der Waals surface area contributed by atoms with Crippen LogP contribution in [-0.2, 0) is 13.5 Å². The SMILES string of the molecule is Cn1cc(N)c(CCCO)n1. The molecule has 0 unspecified atom stereocenters. The summed E-state index contributed by atoms with van der Waals surface area (Å²) in [6, 6.07) is 0. The Balaban J connectivity index is 2.62. The molecule has 0 saturated heterocycles. The van der Waals surface area contributed by atoms with Crippen LogP contribution in [0.4, 0.5) is 5.69 Å². The summed E-state index contributed by atoms with van der Waals surface area (Å²) in [5.74, 6) is 0. The summed E-state index contributed by atoms with van der Waals surface area (Å²) in [5.41, 5.74) is 7.20. The fourth-order valence-electron chi connectivity index (χ4n) is 0.994. The van der Waals surface area contributed by atoms with E-state index in [4.69, 9.17) is 10.8 Å². The average Bonchev–Trinajstić information content (AvgIpc) is 2.26. The normalized spacial score (nSPS) is 10.4. The molecular weight excluding hydrogens is 142 g/mol. The lowest BCUT2D eigenvalue weighted by Crippen LogP contribution is -1.95. The number of anilines is 1.